The number of hydrazine groups is 1. The summed E-state index contributed by atoms with van der Waals surface area (Å²) in [5, 5.41) is 0.920. The summed E-state index contributed by atoms with van der Waals surface area (Å²) in [5.74, 6) is 5.16. The maximum atomic E-state index is 13.0. The van der Waals surface area contributed by atoms with Gasteiger partial charge in [-0.3, -0.25) is 5.84 Å². The Labute approximate surface area is 114 Å². The zero-order valence-corrected chi connectivity index (χ0v) is 10.8. The smallest absolute Gasteiger partial charge is 0.124 e. The fourth-order valence-corrected chi connectivity index (χ4v) is 2.26. The topological polar surface area (TPSA) is 38.0 Å². The molecule has 0 saturated heterocycles. The predicted octanol–water partition coefficient (Wildman–Crippen LogP) is 3.69. The Hall–Kier alpha value is -1.13. The molecule has 2 aromatic rings. The van der Waals surface area contributed by atoms with Gasteiger partial charge in [0.2, 0.25) is 0 Å². The maximum Gasteiger partial charge on any atom is 0.124 e. The highest BCUT2D eigenvalue weighted by Crippen LogP contribution is 2.29. The van der Waals surface area contributed by atoms with E-state index in [1.165, 1.54) is 12.1 Å². The lowest BCUT2D eigenvalue weighted by Crippen LogP contribution is -2.29. The summed E-state index contributed by atoms with van der Waals surface area (Å²) in [5.41, 5.74) is 4.21. The first-order chi connectivity index (χ1) is 8.61. The van der Waals surface area contributed by atoms with Crippen molar-refractivity contribution in [2.45, 2.75) is 6.04 Å². The molecule has 3 N–H and O–H groups in total. The highest BCUT2D eigenvalue weighted by molar-refractivity contribution is 6.31. The van der Waals surface area contributed by atoms with Gasteiger partial charge in [-0.15, -0.1) is 0 Å². The molecule has 0 aliphatic heterocycles. The van der Waals surface area contributed by atoms with Crippen LogP contribution >= 0.6 is 23.2 Å². The van der Waals surface area contributed by atoms with Crippen LogP contribution in [0.25, 0.3) is 0 Å². The lowest BCUT2D eigenvalue weighted by molar-refractivity contribution is 0.616. The molecule has 18 heavy (non-hydrogen) atoms. The highest BCUT2D eigenvalue weighted by atomic mass is 35.5. The SMILES string of the molecule is NNC(c1cccc(Cl)c1)c1ccc(F)cc1Cl. The molecule has 2 rings (SSSR count). The third-order valence-corrected chi connectivity index (χ3v) is 3.18. The summed E-state index contributed by atoms with van der Waals surface area (Å²) in [4.78, 5) is 0. The second kappa shape index (κ2) is 5.67. The van der Waals surface area contributed by atoms with Crippen molar-refractivity contribution in [2.24, 2.45) is 5.84 Å². The molecule has 1 unspecified atom stereocenters. The van der Waals surface area contributed by atoms with Crippen LogP contribution in [0.5, 0.6) is 0 Å². The van der Waals surface area contributed by atoms with Crippen molar-refractivity contribution in [1.29, 1.82) is 0 Å². The Balaban J connectivity index is 2.45. The first-order valence-electron chi connectivity index (χ1n) is 5.28. The molecule has 0 saturated carbocycles. The summed E-state index contributed by atoms with van der Waals surface area (Å²) in [7, 11) is 0. The minimum absolute atomic E-state index is 0.318. The van der Waals surface area contributed by atoms with Gasteiger partial charge in [0.05, 0.1) is 6.04 Å². The fourth-order valence-electron chi connectivity index (χ4n) is 1.79. The van der Waals surface area contributed by atoms with E-state index in [0.29, 0.717) is 15.6 Å². The largest absolute Gasteiger partial charge is 0.271 e. The summed E-state index contributed by atoms with van der Waals surface area (Å²) in [6.07, 6.45) is 0. The number of halogens is 3. The minimum Gasteiger partial charge on any atom is -0.271 e. The van der Waals surface area contributed by atoms with Gasteiger partial charge in [0.1, 0.15) is 5.82 Å². The molecule has 1 atom stereocenters. The van der Waals surface area contributed by atoms with Crippen molar-refractivity contribution in [2.75, 3.05) is 0 Å². The van der Waals surface area contributed by atoms with E-state index in [4.69, 9.17) is 29.0 Å². The van der Waals surface area contributed by atoms with Gasteiger partial charge in [0, 0.05) is 10.0 Å². The maximum absolute atomic E-state index is 13.0. The van der Waals surface area contributed by atoms with Gasteiger partial charge in [-0.2, -0.15) is 0 Å². The molecule has 0 aliphatic rings. The van der Waals surface area contributed by atoms with E-state index in [0.717, 1.165) is 5.56 Å². The first kappa shape index (κ1) is 13.3. The van der Waals surface area contributed by atoms with Gasteiger partial charge < -0.3 is 0 Å². The van der Waals surface area contributed by atoms with Crippen molar-refractivity contribution in [3.8, 4) is 0 Å². The van der Waals surface area contributed by atoms with Crippen LogP contribution in [0.2, 0.25) is 10.0 Å². The second-order valence-electron chi connectivity index (χ2n) is 3.82. The van der Waals surface area contributed by atoms with Crippen LogP contribution in [-0.4, -0.2) is 0 Å². The monoisotopic (exact) mass is 284 g/mol. The van der Waals surface area contributed by atoms with Crippen LogP contribution < -0.4 is 11.3 Å². The molecule has 0 aromatic heterocycles. The highest BCUT2D eigenvalue weighted by Gasteiger charge is 2.16. The van der Waals surface area contributed by atoms with Crippen LogP contribution in [0.4, 0.5) is 4.39 Å². The standard InChI is InChI=1S/C13H11Cl2FN2/c14-9-3-1-2-8(6-9)13(18-17)11-5-4-10(16)7-12(11)15/h1-7,13,18H,17H2. The van der Waals surface area contributed by atoms with E-state index in [-0.39, 0.29) is 11.9 Å². The van der Waals surface area contributed by atoms with Crippen molar-refractivity contribution in [3.05, 3.63) is 69.5 Å². The van der Waals surface area contributed by atoms with Crippen LogP contribution in [0, 0.1) is 5.82 Å². The zero-order chi connectivity index (χ0) is 13.1. The Bertz CT molecular complexity index is 560. The van der Waals surface area contributed by atoms with Gasteiger partial charge >= 0.3 is 0 Å². The minimum atomic E-state index is -0.384. The average molecular weight is 285 g/mol. The molecular formula is C13H11Cl2FN2. The van der Waals surface area contributed by atoms with Crippen LogP contribution in [0.3, 0.4) is 0 Å². The molecule has 0 aliphatic carbocycles. The second-order valence-corrected chi connectivity index (χ2v) is 4.66. The van der Waals surface area contributed by atoms with E-state index in [2.05, 4.69) is 5.43 Å². The molecule has 0 heterocycles. The number of hydrogen-bond acceptors (Lipinski definition) is 2. The number of hydrogen-bond donors (Lipinski definition) is 2. The molecule has 5 heteroatoms. The van der Waals surface area contributed by atoms with E-state index >= 15 is 0 Å². The lowest BCUT2D eigenvalue weighted by Gasteiger charge is -2.18. The normalized spacial score (nSPS) is 12.4. The fraction of sp³-hybridized carbons (Fsp3) is 0.0769. The van der Waals surface area contributed by atoms with E-state index in [1.807, 2.05) is 12.1 Å². The Kier molecular flexibility index (Phi) is 4.19. The van der Waals surface area contributed by atoms with Crippen LogP contribution in [0.15, 0.2) is 42.5 Å². The lowest BCUT2D eigenvalue weighted by atomic mass is 9.99. The zero-order valence-electron chi connectivity index (χ0n) is 9.33. The molecular weight excluding hydrogens is 274 g/mol. The van der Waals surface area contributed by atoms with Crippen molar-refractivity contribution < 1.29 is 4.39 Å². The van der Waals surface area contributed by atoms with E-state index in [9.17, 15) is 4.39 Å². The summed E-state index contributed by atoms with van der Waals surface area (Å²) in [6, 6.07) is 11.1. The van der Waals surface area contributed by atoms with Crippen molar-refractivity contribution >= 4 is 23.2 Å². The average Bonchev–Trinajstić information content (AvgIpc) is 2.33. The van der Waals surface area contributed by atoms with Crippen LogP contribution in [0.1, 0.15) is 17.2 Å². The Morgan fingerprint density at radius 1 is 1.11 bits per heavy atom. The van der Waals surface area contributed by atoms with Gasteiger partial charge in [-0.05, 0) is 35.4 Å². The number of nitrogens with one attached hydrogen (secondary N) is 1. The number of nitrogens with two attached hydrogens (primary N) is 1. The van der Waals surface area contributed by atoms with Gasteiger partial charge in [0.15, 0.2) is 0 Å². The molecule has 2 aromatic carbocycles. The molecule has 0 radical (unpaired) electrons. The molecule has 2 nitrogen and oxygen atoms in total. The third-order valence-electron chi connectivity index (χ3n) is 2.62. The number of rotatable bonds is 3. The van der Waals surface area contributed by atoms with Crippen LogP contribution in [-0.2, 0) is 0 Å². The molecule has 0 bridgehead atoms. The van der Waals surface area contributed by atoms with Gasteiger partial charge in [-0.25, -0.2) is 9.82 Å². The van der Waals surface area contributed by atoms with Crippen molar-refractivity contribution in [3.63, 3.8) is 0 Å². The predicted molar refractivity (Wildman–Crippen MR) is 72.0 cm³/mol. The Morgan fingerprint density at radius 3 is 2.50 bits per heavy atom. The molecule has 0 spiro atoms. The van der Waals surface area contributed by atoms with Crippen molar-refractivity contribution in [1.82, 2.24) is 5.43 Å². The Morgan fingerprint density at radius 2 is 1.89 bits per heavy atom. The summed E-state index contributed by atoms with van der Waals surface area (Å²) < 4.78 is 13.0. The molecule has 0 amide bonds. The van der Waals surface area contributed by atoms with E-state index < -0.39 is 0 Å². The molecule has 0 fully saturated rings. The summed E-state index contributed by atoms with van der Waals surface area (Å²) in [6.45, 7) is 0. The quantitative estimate of drug-likeness (QED) is 0.666. The van der Waals surface area contributed by atoms with E-state index in [1.54, 1.807) is 18.2 Å². The van der Waals surface area contributed by atoms with Gasteiger partial charge in [-0.1, -0.05) is 41.4 Å². The molecule has 94 valence electrons. The van der Waals surface area contributed by atoms with Gasteiger partial charge in [0.25, 0.3) is 0 Å². The number of benzene rings is 2. The first-order valence-corrected chi connectivity index (χ1v) is 6.04. The third kappa shape index (κ3) is 2.82. The summed E-state index contributed by atoms with van der Waals surface area (Å²) >= 11 is 12.0.